The Morgan fingerprint density at radius 2 is 2.24 bits per heavy atom. The first-order valence-corrected chi connectivity index (χ1v) is 6.60. The standard InChI is InChI=1S/C12H15N3OS/c1-9-3-4-11(13)12(5-9)17(16)8-10-6-14-15(2)7-10/h3-7H,8,13H2,1-2H3. The topological polar surface area (TPSA) is 60.9 Å². The summed E-state index contributed by atoms with van der Waals surface area (Å²) in [6.07, 6.45) is 3.59. The van der Waals surface area contributed by atoms with Gasteiger partial charge in [-0.2, -0.15) is 5.10 Å². The summed E-state index contributed by atoms with van der Waals surface area (Å²) < 4.78 is 13.9. The normalized spacial score (nSPS) is 12.6. The largest absolute Gasteiger partial charge is 0.398 e. The first kappa shape index (κ1) is 11.9. The van der Waals surface area contributed by atoms with E-state index in [1.807, 2.05) is 32.3 Å². The van der Waals surface area contributed by atoms with E-state index in [-0.39, 0.29) is 0 Å². The Kier molecular flexibility index (Phi) is 3.28. The molecule has 0 aliphatic heterocycles. The van der Waals surface area contributed by atoms with Crippen molar-refractivity contribution in [3.63, 3.8) is 0 Å². The van der Waals surface area contributed by atoms with Gasteiger partial charge in [0.1, 0.15) is 0 Å². The second-order valence-corrected chi connectivity index (χ2v) is 5.47. The highest BCUT2D eigenvalue weighted by molar-refractivity contribution is 7.84. The molecule has 1 aromatic carbocycles. The summed E-state index contributed by atoms with van der Waals surface area (Å²) in [6, 6.07) is 5.59. The van der Waals surface area contributed by atoms with Crippen LogP contribution in [0.2, 0.25) is 0 Å². The fraction of sp³-hybridized carbons (Fsp3) is 0.250. The van der Waals surface area contributed by atoms with Crippen LogP contribution >= 0.6 is 0 Å². The number of aryl methyl sites for hydroxylation is 2. The van der Waals surface area contributed by atoms with Crippen LogP contribution in [-0.4, -0.2) is 14.0 Å². The molecule has 5 heteroatoms. The van der Waals surface area contributed by atoms with E-state index in [1.54, 1.807) is 16.9 Å². The molecule has 17 heavy (non-hydrogen) atoms. The zero-order valence-electron chi connectivity index (χ0n) is 9.88. The Balaban J connectivity index is 2.22. The molecule has 2 N–H and O–H groups in total. The lowest BCUT2D eigenvalue weighted by Gasteiger charge is -2.05. The van der Waals surface area contributed by atoms with Crippen LogP contribution in [0.4, 0.5) is 5.69 Å². The summed E-state index contributed by atoms with van der Waals surface area (Å²) in [7, 11) is 0.719. The zero-order chi connectivity index (χ0) is 12.4. The fourth-order valence-corrected chi connectivity index (χ4v) is 2.87. The van der Waals surface area contributed by atoms with Crippen LogP contribution in [0.3, 0.4) is 0 Å². The fourth-order valence-electron chi connectivity index (χ4n) is 1.61. The van der Waals surface area contributed by atoms with Crippen LogP contribution in [-0.2, 0) is 23.6 Å². The molecular weight excluding hydrogens is 234 g/mol. The quantitative estimate of drug-likeness (QED) is 0.841. The Labute approximate surface area is 103 Å². The molecule has 1 unspecified atom stereocenters. The molecule has 90 valence electrons. The molecule has 0 radical (unpaired) electrons. The molecule has 2 rings (SSSR count). The second-order valence-electron chi connectivity index (χ2n) is 4.05. The van der Waals surface area contributed by atoms with Gasteiger partial charge in [-0.3, -0.25) is 8.89 Å². The summed E-state index contributed by atoms with van der Waals surface area (Å²) in [6.45, 7) is 1.96. The van der Waals surface area contributed by atoms with E-state index in [2.05, 4.69) is 5.10 Å². The summed E-state index contributed by atoms with van der Waals surface area (Å²) in [5.74, 6) is 0.446. The summed E-state index contributed by atoms with van der Waals surface area (Å²) in [4.78, 5) is 0.703. The molecule has 1 heterocycles. The smallest absolute Gasteiger partial charge is 0.0623 e. The van der Waals surface area contributed by atoms with Gasteiger partial charge in [-0.15, -0.1) is 0 Å². The van der Waals surface area contributed by atoms with Crippen LogP contribution in [0.25, 0.3) is 0 Å². The van der Waals surface area contributed by atoms with Crippen LogP contribution in [0.5, 0.6) is 0 Å². The average molecular weight is 249 g/mol. The highest BCUT2D eigenvalue weighted by Crippen LogP contribution is 2.20. The SMILES string of the molecule is Cc1ccc(N)c(S(=O)Cc2cnn(C)c2)c1. The van der Waals surface area contributed by atoms with E-state index >= 15 is 0 Å². The number of nitrogens with two attached hydrogens (primary N) is 1. The predicted molar refractivity (Wildman–Crippen MR) is 68.9 cm³/mol. The number of hydrogen-bond acceptors (Lipinski definition) is 3. The van der Waals surface area contributed by atoms with Crippen LogP contribution < -0.4 is 5.73 Å². The molecule has 1 atom stereocenters. The van der Waals surface area contributed by atoms with Gasteiger partial charge in [-0.05, 0) is 24.6 Å². The van der Waals surface area contributed by atoms with Gasteiger partial charge >= 0.3 is 0 Å². The molecule has 4 nitrogen and oxygen atoms in total. The van der Waals surface area contributed by atoms with Crippen LogP contribution in [0.15, 0.2) is 35.5 Å². The van der Waals surface area contributed by atoms with Crippen molar-refractivity contribution in [3.8, 4) is 0 Å². The minimum atomic E-state index is -1.12. The molecule has 0 fully saturated rings. The first-order valence-electron chi connectivity index (χ1n) is 5.28. The maximum absolute atomic E-state index is 12.2. The second kappa shape index (κ2) is 4.71. The van der Waals surface area contributed by atoms with Crippen molar-refractivity contribution in [2.45, 2.75) is 17.6 Å². The molecular formula is C12H15N3OS. The number of aromatic nitrogens is 2. The molecule has 0 aliphatic rings. The monoisotopic (exact) mass is 249 g/mol. The van der Waals surface area contributed by atoms with Gasteiger partial charge in [-0.1, -0.05) is 6.07 Å². The van der Waals surface area contributed by atoms with E-state index in [9.17, 15) is 4.21 Å². The first-order chi connectivity index (χ1) is 8.06. The lowest BCUT2D eigenvalue weighted by atomic mass is 10.2. The van der Waals surface area contributed by atoms with Crippen LogP contribution in [0.1, 0.15) is 11.1 Å². The van der Waals surface area contributed by atoms with Crippen LogP contribution in [0, 0.1) is 6.92 Å². The van der Waals surface area contributed by atoms with Gasteiger partial charge in [-0.25, -0.2) is 0 Å². The van der Waals surface area contributed by atoms with Gasteiger partial charge in [0.2, 0.25) is 0 Å². The van der Waals surface area contributed by atoms with Gasteiger partial charge in [0, 0.05) is 24.5 Å². The number of anilines is 1. The molecule has 0 saturated carbocycles. The van der Waals surface area contributed by atoms with Crippen molar-refractivity contribution in [1.82, 2.24) is 9.78 Å². The third-order valence-corrected chi connectivity index (χ3v) is 3.91. The summed E-state index contributed by atoms with van der Waals surface area (Å²) >= 11 is 0. The van der Waals surface area contributed by atoms with Gasteiger partial charge in [0.25, 0.3) is 0 Å². The summed E-state index contributed by atoms with van der Waals surface area (Å²) in [5, 5.41) is 4.05. The number of rotatable bonds is 3. The Morgan fingerprint density at radius 1 is 1.47 bits per heavy atom. The molecule has 0 bridgehead atoms. The molecule has 0 aliphatic carbocycles. The van der Waals surface area contributed by atoms with E-state index in [4.69, 9.17) is 5.73 Å². The Bertz CT molecular complexity index is 563. The van der Waals surface area contributed by atoms with Crippen molar-refractivity contribution >= 4 is 16.5 Å². The zero-order valence-corrected chi connectivity index (χ0v) is 10.7. The molecule has 0 saturated heterocycles. The minimum absolute atomic E-state index is 0.446. The van der Waals surface area contributed by atoms with Gasteiger partial charge in [0.05, 0.1) is 27.6 Å². The molecule has 0 amide bonds. The third-order valence-electron chi connectivity index (χ3n) is 2.47. The number of nitrogens with zero attached hydrogens (tertiary/aromatic N) is 2. The summed E-state index contributed by atoms with van der Waals surface area (Å²) in [5.41, 5.74) is 8.43. The van der Waals surface area contributed by atoms with E-state index in [0.717, 1.165) is 11.1 Å². The molecule has 2 aromatic rings. The average Bonchev–Trinajstić information content (AvgIpc) is 2.67. The lowest BCUT2D eigenvalue weighted by Crippen LogP contribution is -2.01. The Hall–Kier alpha value is -1.62. The van der Waals surface area contributed by atoms with Crippen molar-refractivity contribution < 1.29 is 4.21 Å². The van der Waals surface area contributed by atoms with Crippen molar-refractivity contribution in [1.29, 1.82) is 0 Å². The highest BCUT2D eigenvalue weighted by atomic mass is 32.2. The van der Waals surface area contributed by atoms with Crippen molar-refractivity contribution in [2.75, 3.05) is 5.73 Å². The van der Waals surface area contributed by atoms with Gasteiger partial charge < -0.3 is 5.73 Å². The molecule has 0 spiro atoms. The number of hydrogen-bond donors (Lipinski definition) is 1. The van der Waals surface area contributed by atoms with Crippen molar-refractivity contribution in [2.24, 2.45) is 7.05 Å². The minimum Gasteiger partial charge on any atom is -0.398 e. The predicted octanol–water partition coefficient (Wildman–Crippen LogP) is 1.62. The van der Waals surface area contributed by atoms with E-state index < -0.39 is 10.8 Å². The highest BCUT2D eigenvalue weighted by Gasteiger charge is 2.10. The van der Waals surface area contributed by atoms with Gasteiger partial charge in [0.15, 0.2) is 0 Å². The van der Waals surface area contributed by atoms with E-state index in [1.165, 1.54) is 0 Å². The lowest BCUT2D eigenvalue weighted by molar-refractivity contribution is 0.683. The number of benzene rings is 1. The maximum atomic E-state index is 12.2. The Morgan fingerprint density at radius 3 is 2.88 bits per heavy atom. The maximum Gasteiger partial charge on any atom is 0.0623 e. The molecule has 1 aromatic heterocycles. The van der Waals surface area contributed by atoms with E-state index in [0.29, 0.717) is 16.3 Å². The van der Waals surface area contributed by atoms with Crippen molar-refractivity contribution in [3.05, 3.63) is 41.7 Å². The number of nitrogen functional groups attached to an aromatic ring is 1. The third kappa shape index (κ3) is 2.74.